The molecule has 0 N–H and O–H groups in total. The van der Waals surface area contributed by atoms with Gasteiger partial charge >= 0.3 is 5.97 Å². The highest BCUT2D eigenvalue weighted by molar-refractivity contribution is 5.92. The van der Waals surface area contributed by atoms with E-state index >= 15 is 0 Å². The van der Waals surface area contributed by atoms with Crippen LogP contribution in [0.2, 0.25) is 0 Å². The molecule has 0 unspecified atom stereocenters. The summed E-state index contributed by atoms with van der Waals surface area (Å²) >= 11 is 0. The Morgan fingerprint density at radius 2 is 1.38 bits per heavy atom. The maximum Gasteiger partial charge on any atom is 0.338 e. The minimum atomic E-state index is -0.193. The van der Waals surface area contributed by atoms with E-state index < -0.39 is 0 Å². The van der Waals surface area contributed by atoms with Crippen LogP contribution in [0.1, 0.15) is 92.1 Å². The highest BCUT2D eigenvalue weighted by Crippen LogP contribution is 2.38. The summed E-state index contributed by atoms with van der Waals surface area (Å²) in [6, 6.07) is 13.8. The van der Waals surface area contributed by atoms with E-state index in [1.807, 2.05) is 36.4 Å². The Labute approximate surface area is 174 Å². The van der Waals surface area contributed by atoms with E-state index in [-0.39, 0.29) is 12.1 Å². The lowest BCUT2D eigenvalue weighted by molar-refractivity contribution is 0.0246. The van der Waals surface area contributed by atoms with E-state index in [9.17, 15) is 4.79 Å². The third-order valence-corrected chi connectivity index (χ3v) is 6.24. The van der Waals surface area contributed by atoms with Gasteiger partial charge in [-0.2, -0.15) is 0 Å². The van der Waals surface area contributed by atoms with E-state index in [1.54, 1.807) is 0 Å². The smallest absolute Gasteiger partial charge is 0.338 e. The highest BCUT2D eigenvalue weighted by Gasteiger charge is 2.24. The number of hydrogen-bond donors (Lipinski definition) is 0. The number of benzene rings is 2. The Hall–Kier alpha value is -2.29. The molecule has 0 bridgehead atoms. The lowest BCUT2D eigenvalue weighted by Crippen LogP contribution is -2.20. The summed E-state index contributed by atoms with van der Waals surface area (Å²) in [5.74, 6) is 1.46. The van der Waals surface area contributed by atoms with Crippen LogP contribution in [0.5, 0.6) is 11.5 Å². The minimum absolute atomic E-state index is 0.0366. The van der Waals surface area contributed by atoms with Gasteiger partial charge in [-0.05, 0) is 49.4 Å². The molecule has 2 aliphatic rings. The molecule has 2 aromatic carbocycles. The summed E-state index contributed by atoms with van der Waals surface area (Å²) in [6.07, 6.45) is 14.2. The molecule has 1 fully saturated rings. The fraction of sp³-hybridized carbons (Fsp3) is 0.500. The average molecular weight is 393 g/mol. The first-order valence-corrected chi connectivity index (χ1v) is 11.4. The zero-order valence-electron chi connectivity index (χ0n) is 17.3. The van der Waals surface area contributed by atoms with Crippen molar-refractivity contribution in [1.29, 1.82) is 0 Å². The van der Waals surface area contributed by atoms with Gasteiger partial charge in [-0.15, -0.1) is 0 Å². The van der Waals surface area contributed by atoms with E-state index in [0.29, 0.717) is 12.0 Å². The molecule has 3 heteroatoms. The van der Waals surface area contributed by atoms with Crippen LogP contribution >= 0.6 is 0 Å². The fourth-order valence-electron chi connectivity index (χ4n) is 4.55. The van der Waals surface area contributed by atoms with Gasteiger partial charge in [-0.25, -0.2) is 4.79 Å². The van der Waals surface area contributed by atoms with Gasteiger partial charge in [0.2, 0.25) is 0 Å². The molecule has 0 atom stereocenters. The van der Waals surface area contributed by atoms with Crippen LogP contribution in [-0.2, 0) is 11.2 Å². The maximum atomic E-state index is 13.1. The van der Waals surface area contributed by atoms with Gasteiger partial charge in [-0.1, -0.05) is 69.2 Å². The maximum absolute atomic E-state index is 13.1. The highest BCUT2D eigenvalue weighted by atomic mass is 16.5. The van der Waals surface area contributed by atoms with Gasteiger partial charge in [0.15, 0.2) is 0 Å². The summed E-state index contributed by atoms with van der Waals surface area (Å²) in [5.41, 5.74) is 2.72. The van der Waals surface area contributed by atoms with Crippen molar-refractivity contribution in [2.24, 2.45) is 0 Å². The summed E-state index contributed by atoms with van der Waals surface area (Å²) < 4.78 is 12.1. The van der Waals surface area contributed by atoms with Crippen LogP contribution in [-0.4, -0.2) is 12.1 Å². The predicted octanol–water partition coefficient (Wildman–Crippen LogP) is 7.21. The molecule has 0 saturated heterocycles. The Balaban J connectivity index is 1.45. The van der Waals surface area contributed by atoms with Crippen molar-refractivity contribution < 1.29 is 14.3 Å². The molecule has 3 nitrogen and oxygen atoms in total. The number of fused-ring (bicyclic) bond motifs is 2. The summed E-state index contributed by atoms with van der Waals surface area (Å²) in [6.45, 7) is 0. The molecule has 1 heterocycles. The van der Waals surface area contributed by atoms with Crippen molar-refractivity contribution in [2.45, 2.75) is 83.2 Å². The Morgan fingerprint density at radius 3 is 2.10 bits per heavy atom. The monoisotopic (exact) mass is 392 g/mol. The minimum Gasteiger partial charge on any atom is -0.459 e. The largest absolute Gasteiger partial charge is 0.459 e. The van der Waals surface area contributed by atoms with Crippen LogP contribution in [0.25, 0.3) is 0 Å². The second kappa shape index (κ2) is 9.96. The van der Waals surface area contributed by atoms with Crippen molar-refractivity contribution in [2.75, 3.05) is 0 Å². The molecule has 1 saturated carbocycles. The first kappa shape index (κ1) is 20.0. The predicted molar refractivity (Wildman–Crippen MR) is 116 cm³/mol. The van der Waals surface area contributed by atoms with Crippen molar-refractivity contribution in [1.82, 2.24) is 0 Å². The standard InChI is InChI=1S/C26H32O3/c27-26(28-21-14-8-6-4-2-1-3-5-7-9-15-21)22-16-12-18-25-23(22)19-20-13-10-11-17-24(20)29-25/h10-13,16-18,21H,1-9,14-15,19H2. The average Bonchev–Trinajstić information content (AvgIpc) is 2.73. The summed E-state index contributed by atoms with van der Waals surface area (Å²) in [7, 11) is 0. The van der Waals surface area contributed by atoms with E-state index in [0.717, 1.165) is 48.3 Å². The first-order valence-electron chi connectivity index (χ1n) is 11.4. The van der Waals surface area contributed by atoms with Gasteiger partial charge in [0.1, 0.15) is 17.6 Å². The topological polar surface area (TPSA) is 35.5 Å². The van der Waals surface area contributed by atoms with Gasteiger partial charge < -0.3 is 9.47 Å². The lowest BCUT2D eigenvalue weighted by Gasteiger charge is -2.23. The molecule has 0 radical (unpaired) electrons. The zero-order valence-corrected chi connectivity index (χ0v) is 17.3. The number of carbonyl (C=O) groups excluding carboxylic acids is 1. The normalized spacial score (nSPS) is 18.3. The van der Waals surface area contributed by atoms with Crippen LogP contribution in [0.3, 0.4) is 0 Å². The summed E-state index contributed by atoms with van der Waals surface area (Å²) in [4.78, 5) is 13.1. The fourth-order valence-corrected chi connectivity index (χ4v) is 4.55. The quantitative estimate of drug-likeness (QED) is 0.432. The van der Waals surface area contributed by atoms with Gasteiger partial charge in [0, 0.05) is 12.0 Å². The molecule has 1 aliphatic carbocycles. The van der Waals surface area contributed by atoms with Crippen molar-refractivity contribution in [3.05, 3.63) is 59.2 Å². The number of rotatable bonds is 2. The molecule has 154 valence electrons. The van der Waals surface area contributed by atoms with Crippen LogP contribution in [0.15, 0.2) is 42.5 Å². The zero-order chi connectivity index (χ0) is 19.9. The van der Waals surface area contributed by atoms with Crippen LogP contribution < -0.4 is 4.74 Å². The number of ether oxygens (including phenoxy) is 2. The molecule has 0 amide bonds. The Bertz CT molecular complexity index is 814. The molecule has 2 aromatic rings. The molecule has 0 aromatic heterocycles. The molecule has 1 aliphatic heterocycles. The van der Waals surface area contributed by atoms with Crippen LogP contribution in [0, 0.1) is 0 Å². The second-order valence-electron chi connectivity index (χ2n) is 8.46. The van der Waals surface area contributed by atoms with Crippen molar-refractivity contribution >= 4 is 5.97 Å². The number of hydrogen-bond acceptors (Lipinski definition) is 3. The summed E-state index contributed by atoms with van der Waals surface area (Å²) in [5, 5.41) is 0. The Kier molecular flexibility index (Phi) is 6.87. The van der Waals surface area contributed by atoms with E-state index in [4.69, 9.17) is 9.47 Å². The van der Waals surface area contributed by atoms with E-state index in [2.05, 4.69) is 6.07 Å². The first-order chi connectivity index (χ1) is 14.3. The molecule has 0 spiro atoms. The molecule has 29 heavy (non-hydrogen) atoms. The molecule has 4 rings (SSSR count). The molecular formula is C26H32O3. The second-order valence-corrected chi connectivity index (χ2v) is 8.46. The number of para-hydroxylation sites is 1. The SMILES string of the molecule is O=C(OC1CCCCCCCCCCC1)c1cccc2c1Cc1ccccc1O2. The molecular weight excluding hydrogens is 360 g/mol. The van der Waals surface area contributed by atoms with Crippen LogP contribution in [0.4, 0.5) is 0 Å². The third-order valence-electron chi connectivity index (χ3n) is 6.24. The lowest BCUT2D eigenvalue weighted by atomic mass is 9.95. The number of carbonyl (C=O) groups is 1. The number of esters is 1. The Morgan fingerprint density at radius 1 is 0.759 bits per heavy atom. The van der Waals surface area contributed by atoms with Gasteiger partial charge in [0.05, 0.1) is 5.56 Å². The van der Waals surface area contributed by atoms with Crippen molar-refractivity contribution in [3.63, 3.8) is 0 Å². The van der Waals surface area contributed by atoms with Gasteiger partial charge in [-0.3, -0.25) is 0 Å². The van der Waals surface area contributed by atoms with Gasteiger partial charge in [0.25, 0.3) is 0 Å². The van der Waals surface area contributed by atoms with Crippen molar-refractivity contribution in [3.8, 4) is 11.5 Å². The third kappa shape index (κ3) is 5.20. The van der Waals surface area contributed by atoms with E-state index in [1.165, 1.54) is 44.9 Å².